The van der Waals surface area contributed by atoms with E-state index in [1.165, 1.54) is 5.56 Å². The minimum Gasteiger partial charge on any atom is -0.486 e. The monoisotopic (exact) mass is 543 g/mol. The van der Waals surface area contributed by atoms with Crippen LogP contribution in [0.5, 0.6) is 5.75 Å². The standard InChI is InChI=1S/C34H29N3O4/c38-33(36-22-24-8-7-18-35-21-24)31-16-15-29(41-31)23-40-28-14-13-25-17-19-37(34(39)27-11-5-2-6-12-27)32(30(25)20-28)26-9-3-1-4-10-26/h1-16,18,20-21,32H,17,19,22-23H2,(H,36,38). The number of fused-ring (bicyclic) bond motifs is 1. The number of nitrogens with zero attached hydrogens (tertiary/aromatic N) is 2. The van der Waals surface area contributed by atoms with Crippen molar-refractivity contribution in [3.63, 3.8) is 0 Å². The van der Waals surface area contributed by atoms with E-state index >= 15 is 0 Å². The first-order chi connectivity index (χ1) is 20.2. The van der Waals surface area contributed by atoms with Gasteiger partial charge in [0.25, 0.3) is 11.8 Å². The summed E-state index contributed by atoms with van der Waals surface area (Å²) in [7, 11) is 0. The molecule has 0 spiro atoms. The normalized spacial score (nSPS) is 14.2. The minimum atomic E-state index is -0.303. The molecule has 0 saturated heterocycles. The lowest BCUT2D eigenvalue weighted by atomic mass is 9.87. The molecule has 0 aliphatic carbocycles. The van der Waals surface area contributed by atoms with Crippen LogP contribution in [0.25, 0.3) is 0 Å². The van der Waals surface area contributed by atoms with E-state index in [9.17, 15) is 9.59 Å². The van der Waals surface area contributed by atoms with Crippen LogP contribution in [0, 0.1) is 0 Å². The third-order valence-electron chi connectivity index (χ3n) is 7.18. The zero-order chi connectivity index (χ0) is 28.0. The van der Waals surface area contributed by atoms with Crippen LogP contribution in [0.3, 0.4) is 0 Å². The summed E-state index contributed by atoms with van der Waals surface area (Å²) in [5.74, 6) is 1.12. The number of pyridine rings is 1. The number of hydrogen-bond donors (Lipinski definition) is 1. The summed E-state index contributed by atoms with van der Waals surface area (Å²) in [5, 5.41) is 2.84. The number of furan rings is 1. The van der Waals surface area contributed by atoms with Crippen molar-refractivity contribution in [3.05, 3.63) is 155 Å². The average molecular weight is 544 g/mol. The summed E-state index contributed by atoms with van der Waals surface area (Å²) < 4.78 is 11.9. The SMILES string of the molecule is O=C(NCc1cccnc1)c1ccc(COc2ccc3c(c2)C(c2ccccc2)N(C(=O)c2ccccc2)CC3)o1. The average Bonchev–Trinajstić information content (AvgIpc) is 3.52. The fourth-order valence-electron chi connectivity index (χ4n) is 5.15. The number of nitrogens with one attached hydrogen (secondary N) is 1. The van der Waals surface area contributed by atoms with Gasteiger partial charge in [-0.1, -0.05) is 60.7 Å². The topological polar surface area (TPSA) is 84.7 Å². The molecule has 41 heavy (non-hydrogen) atoms. The predicted molar refractivity (Wildman–Crippen MR) is 154 cm³/mol. The molecular weight excluding hydrogens is 514 g/mol. The maximum atomic E-state index is 13.6. The third-order valence-corrected chi connectivity index (χ3v) is 7.18. The predicted octanol–water partition coefficient (Wildman–Crippen LogP) is 5.97. The Labute approximate surface area is 238 Å². The number of amides is 2. The fraction of sp³-hybridized carbons (Fsp3) is 0.147. The summed E-state index contributed by atoms with van der Waals surface area (Å²) in [6.45, 7) is 1.15. The van der Waals surface area contributed by atoms with Crippen molar-refractivity contribution in [2.45, 2.75) is 25.6 Å². The Kier molecular flexibility index (Phi) is 7.58. The molecule has 1 unspecified atom stereocenters. The Morgan fingerprint density at radius 1 is 0.927 bits per heavy atom. The maximum Gasteiger partial charge on any atom is 0.287 e. The number of carbonyl (C=O) groups is 2. The third kappa shape index (κ3) is 5.89. The van der Waals surface area contributed by atoms with Gasteiger partial charge in [-0.2, -0.15) is 0 Å². The van der Waals surface area contributed by atoms with Gasteiger partial charge in [0.15, 0.2) is 5.76 Å². The summed E-state index contributed by atoms with van der Waals surface area (Å²) in [5.41, 5.74) is 4.85. The first-order valence-corrected chi connectivity index (χ1v) is 13.6. The van der Waals surface area contributed by atoms with E-state index in [1.807, 2.05) is 77.7 Å². The van der Waals surface area contributed by atoms with E-state index in [0.717, 1.165) is 23.1 Å². The Balaban J connectivity index is 1.18. The Bertz CT molecular complexity index is 1630. The molecule has 7 nitrogen and oxygen atoms in total. The largest absolute Gasteiger partial charge is 0.486 e. The van der Waals surface area contributed by atoms with Gasteiger partial charge < -0.3 is 19.4 Å². The molecule has 204 valence electrons. The molecule has 0 fully saturated rings. The maximum absolute atomic E-state index is 13.6. The second kappa shape index (κ2) is 11.9. The highest BCUT2D eigenvalue weighted by Crippen LogP contribution is 2.38. The van der Waals surface area contributed by atoms with Crippen molar-refractivity contribution in [1.29, 1.82) is 0 Å². The molecule has 5 aromatic rings. The van der Waals surface area contributed by atoms with Crippen LogP contribution in [0.15, 0.2) is 120 Å². The summed E-state index contributed by atoms with van der Waals surface area (Å²) in [6, 6.07) is 32.4. The number of hydrogen-bond acceptors (Lipinski definition) is 5. The first-order valence-electron chi connectivity index (χ1n) is 13.6. The van der Waals surface area contributed by atoms with Crippen molar-refractivity contribution in [2.75, 3.05) is 6.54 Å². The molecule has 0 saturated carbocycles. The van der Waals surface area contributed by atoms with Gasteiger partial charge in [-0.3, -0.25) is 14.6 Å². The molecule has 1 aliphatic heterocycles. The Morgan fingerprint density at radius 3 is 2.51 bits per heavy atom. The highest BCUT2D eigenvalue weighted by atomic mass is 16.5. The molecule has 1 N–H and O–H groups in total. The van der Waals surface area contributed by atoms with Crippen LogP contribution in [-0.2, 0) is 19.6 Å². The molecule has 6 rings (SSSR count). The van der Waals surface area contributed by atoms with Crippen molar-refractivity contribution in [2.24, 2.45) is 0 Å². The van der Waals surface area contributed by atoms with Gasteiger partial charge in [-0.15, -0.1) is 0 Å². The van der Waals surface area contributed by atoms with E-state index in [2.05, 4.69) is 28.5 Å². The number of ether oxygens (including phenoxy) is 1. The van der Waals surface area contributed by atoms with Crippen molar-refractivity contribution < 1.29 is 18.7 Å². The minimum absolute atomic E-state index is 0.00124. The van der Waals surface area contributed by atoms with E-state index in [0.29, 0.717) is 30.2 Å². The van der Waals surface area contributed by atoms with Crippen LogP contribution in [0.1, 0.15) is 55.0 Å². The van der Waals surface area contributed by atoms with Gasteiger partial charge in [0.1, 0.15) is 18.1 Å². The van der Waals surface area contributed by atoms with Crippen LogP contribution in [0.4, 0.5) is 0 Å². The molecule has 2 aromatic heterocycles. The highest BCUT2D eigenvalue weighted by molar-refractivity contribution is 5.95. The van der Waals surface area contributed by atoms with Gasteiger partial charge in [-0.05, 0) is 71.1 Å². The van der Waals surface area contributed by atoms with Crippen LogP contribution < -0.4 is 10.1 Å². The summed E-state index contributed by atoms with van der Waals surface area (Å²) in [6.07, 6.45) is 4.15. The number of carbonyl (C=O) groups excluding carboxylic acids is 2. The van der Waals surface area contributed by atoms with E-state index in [4.69, 9.17) is 9.15 Å². The Hall–Kier alpha value is -5.17. The van der Waals surface area contributed by atoms with Gasteiger partial charge in [0, 0.05) is 31.0 Å². The fourth-order valence-corrected chi connectivity index (χ4v) is 5.15. The number of benzene rings is 3. The Morgan fingerprint density at radius 2 is 1.73 bits per heavy atom. The van der Waals surface area contributed by atoms with Crippen molar-refractivity contribution in [3.8, 4) is 5.75 Å². The second-order valence-electron chi connectivity index (χ2n) is 9.89. The molecule has 7 heteroatoms. The van der Waals surface area contributed by atoms with Gasteiger partial charge >= 0.3 is 0 Å². The van der Waals surface area contributed by atoms with E-state index in [1.54, 1.807) is 24.5 Å². The smallest absolute Gasteiger partial charge is 0.287 e. The number of rotatable bonds is 8. The van der Waals surface area contributed by atoms with Crippen LogP contribution in [-0.4, -0.2) is 28.2 Å². The number of aromatic nitrogens is 1. The zero-order valence-corrected chi connectivity index (χ0v) is 22.4. The molecule has 0 bridgehead atoms. The van der Waals surface area contributed by atoms with Gasteiger partial charge in [0.05, 0.1) is 6.04 Å². The molecule has 1 aliphatic rings. The van der Waals surface area contributed by atoms with E-state index < -0.39 is 0 Å². The first kappa shape index (κ1) is 26.1. The lowest BCUT2D eigenvalue weighted by Crippen LogP contribution is -2.40. The lowest BCUT2D eigenvalue weighted by Gasteiger charge is -2.38. The molecule has 0 radical (unpaired) electrons. The lowest BCUT2D eigenvalue weighted by molar-refractivity contribution is 0.0694. The highest BCUT2D eigenvalue weighted by Gasteiger charge is 2.33. The van der Waals surface area contributed by atoms with Crippen LogP contribution >= 0.6 is 0 Å². The zero-order valence-electron chi connectivity index (χ0n) is 22.4. The summed E-state index contributed by atoms with van der Waals surface area (Å²) in [4.78, 5) is 32.1. The van der Waals surface area contributed by atoms with Crippen molar-refractivity contribution in [1.82, 2.24) is 15.2 Å². The van der Waals surface area contributed by atoms with E-state index in [-0.39, 0.29) is 30.2 Å². The molecule has 2 amide bonds. The van der Waals surface area contributed by atoms with Gasteiger partial charge in [0.2, 0.25) is 0 Å². The quantitative estimate of drug-likeness (QED) is 0.261. The summed E-state index contributed by atoms with van der Waals surface area (Å²) >= 11 is 0. The second-order valence-corrected chi connectivity index (χ2v) is 9.89. The van der Waals surface area contributed by atoms with Crippen LogP contribution in [0.2, 0.25) is 0 Å². The van der Waals surface area contributed by atoms with Crippen molar-refractivity contribution >= 4 is 11.8 Å². The molecule has 3 aromatic carbocycles. The van der Waals surface area contributed by atoms with Gasteiger partial charge in [-0.25, -0.2) is 0 Å². The molecule has 3 heterocycles. The molecular formula is C34H29N3O4. The molecule has 1 atom stereocenters.